The topological polar surface area (TPSA) is 37.8 Å². The van der Waals surface area contributed by atoms with Gasteiger partial charge in [-0.3, -0.25) is 0 Å². The summed E-state index contributed by atoms with van der Waals surface area (Å²) in [5.74, 6) is 0.931. The average Bonchev–Trinajstić information content (AvgIpc) is 2.44. The summed E-state index contributed by atoms with van der Waals surface area (Å²) in [5.41, 5.74) is 3.62. The lowest BCUT2D eigenvalue weighted by molar-refractivity contribution is 0.605. The molecule has 106 valence electrons. The molecular weight excluding hydrogens is 266 g/mol. The second kappa shape index (κ2) is 7.41. The van der Waals surface area contributed by atoms with Crippen LogP contribution >= 0.6 is 11.8 Å². The highest BCUT2D eigenvalue weighted by Crippen LogP contribution is 2.22. The molecule has 0 amide bonds. The van der Waals surface area contributed by atoms with Crippen molar-refractivity contribution in [1.82, 2.24) is 15.3 Å². The molecule has 0 bridgehead atoms. The normalized spacial score (nSPS) is 12.3. The average molecular weight is 287 g/mol. The molecule has 0 aliphatic heterocycles. The monoisotopic (exact) mass is 287 g/mol. The van der Waals surface area contributed by atoms with Gasteiger partial charge in [0.1, 0.15) is 0 Å². The van der Waals surface area contributed by atoms with Crippen molar-refractivity contribution in [2.75, 3.05) is 12.3 Å². The van der Waals surface area contributed by atoms with Crippen molar-refractivity contribution < 1.29 is 0 Å². The molecule has 2 aromatic rings. The largest absolute Gasteiger partial charge is 0.309 e. The van der Waals surface area contributed by atoms with E-state index in [9.17, 15) is 0 Å². The Morgan fingerprint density at radius 1 is 1.15 bits per heavy atom. The lowest BCUT2D eigenvalue weighted by Crippen LogP contribution is -2.23. The smallest absolute Gasteiger partial charge is 0.187 e. The Hall–Kier alpha value is -1.39. The Morgan fingerprint density at radius 3 is 2.55 bits per heavy atom. The van der Waals surface area contributed by atoms with Crippen molar-refractivity contribution in [1.29, 1.82) is 0 Å². The minimum atomic E-state index is 0.328. The van der Waals surface area contributed by atoms with Crippen LogP contribution in [0.5, 0.6) is 0 Å². The quantitative estimate of drug-likeness (QED) is 0.651. The van der Waals surface area contributed by atoms with E-state index >= 15 is 0 Å². The summed E-state index contributed by atoms with van der Waals surface area (Å²) in [4.78, 5) is 8.74. The van der Waals surface area contributed by atoms with Crippen LogP contribution in [-0.4, -0.2) is 22.3 Å². The molecule has 1 N–H and O–H groups in total. The van der Waals surface area contributed by atoms with E-state index in [-0.39, 0.29) is 0 Å². The van der Waals surface area contributed by atoms with E-state index in [0.717, 1.165) is 23.1 Å². The second-order valence-corrected chi connectivity index (χ2v) is 5.80. The zero-order valence-corrected chi connectivity index (χ0v) is 13.1. The summed E-state index contributed by atoms with van der Waals surface area (Å²) in [6.45, 7) is 7.19. The van der Waals surface area contributed by atoms with Crippen LogP contribution in [0.4, 0.5) is 0 Å². The molecule has 1 aromatic heterocycles. The van der Waals surface area contributed by atoms with Gasteiger partial charge >= 0.3 is 0 Å². The summed E-state index contributed by atoms with van der Waals surface area (Å²) in [6.07, 6.45) is 1.82. The molecular formula is C16H21N3S. The third-order valence-electron chi connectivity index (χ3n) is 3.08. The maximum Gasteiger partial charge on any atom is 0.187 e. The van der Waals surface area contributed by atoms with Gasteiger partial charge in [-0.25, -0.2) is 9.97 Å². The summed E-state index contributed by atoms with van der Waals surface area (Å²) in [5, 5.41) is 4.37. The summed E-state index contributed by atoms with van der Waals surface area (Å²) in [7, 11) is 0. The van der Waals surface area contributed by atoms with Gasteiger partial charge in [-0.05, 0) is 32.0 Å². The molecule has 0 aliphatic carbocycles. The SMILES string of the molecule is CCNC(CSc1nccc(C)n1)c1ccc(C)cc1. The maximum atomic E-state index is 4.44. The third kappa shape index (κ3) is 4.32. The highest BCUT2D eigenvalue weighted by molar-refractivity contribution is 7.99. The van der Waals surface area contributed by atoms with Gasteiger partial charge in [0.05, 0.1) is 0 Å². The van der Waals surface area contributed by atoms with Crippen molar-refractivity contribution in [3.05, 3.63) is 53.3 Å². The van der Waals surface area contributed by atoms with Gasteiger partial charge in [0, 0.05) is 23.7 Å². The Labute approximate surface area is 125 Å². The highest BCUT2D eigenvalue weighted by Gasteiger charge is 2.11. The zero-order chi connectivity index (χ0) is 14.4. The number of nitrogens with zero attached hydrogens (tertiary/aromatic N) is 2. The van der Waals surface area contributed by atoms with Gasteiger partial charge in [-0.15, -0.1) is 0 Å². The van der Waals surface area contributed by atoms with Crippen LogP contribution in [0.15, 0.2) is 41.7 Å². The van der Waals surface area contributed by atoms with E-state index in [1.165, 1.54) is 11.1 Å². The van der Waals surface area contributed by atoms with Crippen LogP contribution < -0.4 is 5.32 Å². The van der Waals surface area contributed by atoms with E-state index in [0.29, 0.717) is 6.04 Å². The first kappa shape index (κ1) is 15.0. The van der Waals surface area contributed by atoms with Gasteiger partial charge in [-0.2, -0.15) is 0 Å². The van der Waals surface area contributed by atoms with Crippen molar-refractivity contribution in [3.8, 4) is 0 Å². The molecule has 0 aliphatic rings. The molecule has 3 nitrogen and oxygen atoms in total. The fourth-order valence-corrected chi connectivity index (χ4v) is 2.94. The summed E-state index contributed by atoms with van der Waals surface area (Å²) >= 11 is 1.70. The van der Waals surface area contributed by atoms with E-state index in [1.807, 2.05) is 19.2 Å². The Balaban J connectivity index is 2.04. The first-order valence-corrected chi connectivity index (χ1v) is 7.90. The molecule has 1 heterocycles. The van der Waals surface area contributed by atoms with Crippen LogP contribution in [-0.2, 0) is 0 Å². The number of hydrogen-bond acceptors (Lipinski definition) is 4. The Bertz CT molecular complexity index is 540. The second-order valence-electron chi connectivity index (χ2n) is 4.81. The molecule has 0 radical (unpaired) electrons. The number of nitrogens with one attached hydrogen (secondary N) is 1. The minimum absolute atomic E-state index is 0.328. The third-order valence-corrected chi connectivity index (χ3v) is 4.04. The standard InChI is InChI=1S/C16H21N3S/c1-4-17-15(14-7-5-12(2)6-8-14)11-20-16-18-10-9-13(3)19-16/h5-10,15,17H,4,11H2,1-3H3. The lowest BCUT2D eigenvalue weighted by Gasteiger charge is -2.17. The fourth-order valence-electron chi connectivity index (χ4n) is 1.97. The number of aromatic nitrogens is 2. The zero-order valence-electron chi connectivity index (χ0n) is 12.3. The summed E-state index contributed by atoms with van der Waals surface area (Å²) < 4.78 is 0. The van der Waals surface area contributed by atoms with Crippen LogP contribution in [0.25, 0.3) is 0 Å². The number of aryl methyl sites for hydroxylation is 2. The molecule has 20 heavy (non-hydrogen) atoms. The molecule has 1 unspecified atom stereocenters. The predicted molar refractivity (Wildman–Crippen MR) is 85.1 cm³/mol. The van der Waals surface area contributed by atoms with Gasteiger partial charge in [-0.1, -0.05) is 48.5 Å². The highest BCUT2D eigenvalue weighted by atomic mass is 32.2. The maximum absolute atomic E-state index is 4.44. The van der Waals surface area contributed by atoms with E-state index < -0.39 is 0 Å². The van der Waals surface area contributed by atoms with Gasteiger partial charge in [0.15, 0.2) is 5.16 Å². The van der Waals surface area contributed by atoms with Gasteiger partial charge < -0.3 is 5.32 Å². The van der Waals surface area contributed by atoms with Crippen molar-refractivity contribution in [2.45, 2.75) is 32.0 Å². The van der Waals surface area contributed by atoms with E-state index in [1.54, 1.807) is 11.8 Å². The Kier molecular flexibility index (Phi) is 5.56. The van der Waals surface area contributed by atoms with Crippen molar-refractivity contribution in [3.63, 3.8) is 0 Å². The number of hydrogen-bond donors (Lipinski definition) is 1. The molecule has 4 heteroatoms. The number of rotatable bonds is 6. The van der Waals surface area contributed by atoms with Gasteiger partial charge in [0.25, 0.3) is 0 Å². The van der Waals surface area contributed by atoms with Crippen LogP contribution in [0.2, 0.25) is 0 Å². The van der Waals surface area contributed by atoms with Crippen LogP contribution in [0.3, 0.4) is 0 Å². The molecule has 0 saturated carbocycles. The minimum Gasteiger partial charge on any atom is -0.309 e. The Morgan fingerprint density at radius 2 is 1.90 bits per heavy atom. The molecule has 0 saturated heterocycles. The lowest BCUT2D eigenvalue weighted by atomic mass is 10.1. The molecule has 0 spiro atoms. The van der Waals surface area contributed by atoms with Gasteiger partial charge in [0.2, 0.25) is 0 Å². The molecule has 0 fully saturated rings. The summed E-state index contributed by atoms with van der Waals surface area (Å²) in [6, 6.07) is 11.0. The van der Waals surface area contributed by atoms with Crippen LogP contribution in [0.1, 0.15) is 29.8 Å². The predicted octanol–water partition coefficient (Wildman–Crippen LogP) is 3.54. The van der Waals surface area contributed by atoms with Crippen LogP contribution in [0, 0.1) is 13.8 Å². The number of benzene rings is 1. The molecule has 1 atom stereocenters. The molecule has 1 aromatic carbocycles. The first-order chi connectivity index (χ1) is 9.69. The van der Waals surface area contributed by atoms with Crippen molar-refractivity contribution in [2.24, 2.45) is 0 Å². The molecule has 2 rings (SSSR count). The first-order valence-electron chi connectivity index (χ1n) is 6.91. The van der Waals surface area contributed by atoms with E-state index in [2.05, 4.69) is 53.4 Å². The van der Waals surface area contributed by atoms with E-state index in [4.69, 9.17) is 0 Å². The van der Waals surface area contributed by atoms with Crippen molar-refractivity contribution >= 4 is 11.8 Å². The number of thioether (sulfide) groups is 1. The fraction of sp³-hybridized carbons (Fsp3) is 0.375.